The molecule has 1 aliphatic heterocycles. The first-order valence-corrected chi connectivity index (χ1v) is 12.1. The monoisotopic (exact) mass is 491 g/mol. The van der Waals surface area contributed by atoms with Crippen LogP contribution in [0.15, 0.2) is 77.7 Å². The standard InChI is InChI=1S/C27H25NO4S2/c1-19-7-5-8-21(17-19)28-26(29)25(34-27(28)33)18-20-11-13-22(14-12-20)31-15-6-16-32-24-10-4-3-9-23(24)30-2/h3-5,7-14,17-18H,6,15-16H2,1-2H3/b25-18-. The third-order valence-electron chi connectivity index (χ3n) is 5.12. The number of thioether (sulfide) groups is 1. The second-order valence-corrected chi connectivity index (χ2v) is 9.30. The first kappa shape index (κ1) is 23.9. The molecule has 1 aliphatic rings. The van der Waals surface area contributed by atoms with Crippen molar-refractivity contribution in [1.82, 2.24) is 0 Å². The Kier molecular flexibility index (Phi) is 7.87. The zero-order valence-electron chi connectivity index (χ0n) is 19.0. The van der Waals surface area contributed by atoms with Crippen LogP contribution in [0.5, 0.6) is 17.2 Å². The van der Waals surface area contributed by atoms with Crippen LogP contribution >= 0.6 is 24.0 Å². The van der Waals surface area contributed by atoms with Gasteiger partial charge in [0.15, 0.2) is 15.8 Å². The van der Waals surface area contributed by atoms with Crippen LogP contribution in [0.4, 0.5) is 5.69 Å². The van der Waals surface area contributed by atoms with E-state index in [2.05, 4.69) is 0 Å². The van der Waals surface area contributed by atoms with Crippen LogP contribution in [0, 0.1) is 6.92 Å². The van der Waals surface area contributed by atoms with E-state index in [4.69, 9.17) is 26.4 Å². The van der Waals surface area contributed by atoms with Crippen LogP contribution < -0.4 is 19.1 Å². The minimum atomic E-state index is -0.101. The van der Waals surface area contributed by atoms with Gasteiger partial charge in [-0.1, -0.05) is 60.4 Å². The van der Waals surface area contributed by atoms with Crippen molar-refractivity contribution in [3.63, 3.8) is 0 Å². The van der Waals surface area contributed by atoms with E-state index in [-0.39, 0.29) is 5.91 Å². The van der Waals surface area contributed by atoms with Gasteiger partial charge in [-0.15, -0.1) is 0 Å². The molecular weight excluding hydrogens is 466 g/mol. The predicted octanol–water partition coefficient (Wildman–Crippen LogP) is 6.26. The number of rotatable bonds is 9. The number of amides is 1. The van der Waals surface area contributed by atoms with Gasteiger partial charge in [-0.25, -0.2) is 0 Å². The SMILES string of the molecule is COc1ccccc1OCCCOc1ccc(/C=C2\SC(=S)N(c3cccc(C)c3)C2=O)cc1. The molecule has 7 heteroatoms. The van der Waals surface area contributed by atoms with Crippen molar-refractivity contribution in [2.75, 3.05) is 25.2 Å². The molecule has 5 nitrogen and oxygen atoms in total. The van der Waals surface area contributed by atoms with Crippen molar-refractivity contribution in [3.8, 4) is 17.2 Å². The van der Waals surface area contributed by atoms with E-state index in [0.717, 1.165) is 40.5 Å². The number of hydrogen-bond acceptors (Lipinski definition) is 6. The predicted molar refractivity (Wildman–Crippen MR) is 142 cm³/mol. The fourth-order valence-electron chi connectivity index (χ4n) is 3.44. The summed E-state index contributed by atoms with van der Waals surface area (Å²) in [6.07, 6.45) is 2.60. The van der Waals surface area contributed by atoms with E-state index < -0.39 is 0 Å². The normalized spacial score (nSPS) is 14.5. The Labute approximate surface area is 209 Å². The molecule has 0 atom stereocenters. The first-order valence-electron chi connectivity index (χ1n) is 10.9. The Balaban J connectivity index is 1.29. The molecule has 0 radical (unpaired) electrons. The summed E-state index contributed by atoms with van der Waals surface area (Å²) in [5.41, 5.74) is 2.79. The highest BCUT2D eigenvalue weighted by Gasteiger charge is 2.33. The molecule has 1 amide bonds. The summed E-state index contributed by atoms with van der Waals surface area (Å²) < 4.78 is 17.4. The maximum absolute atomic E-state index is 12.9. The zero-order valence-corrected chi connectivity index (χ0v) is 20.7. The van der Waals surface area contributed by atoms with Crippen LogP contribution in [0.2, 0.25) is 0 Å². The van der Waals surface area contributed by atoms with E-state index >= 15 is 0 Å². The zero-order chi connectivity index (χ0) is 23.9. The summed E-state index contributed by atoms with van der Waals surface area (Å²) in [6, 6.07) is 23.0. The molecule has 0 bridgehead atoms. The smallest absolute Gasteiger partial charge is 0.270 e. The van der Waals surface area contributed by atoms with Crippen LogP contribution in [0.3, 0.4) is 0 Å². The minimum absolute atomic E-state index is 0.101. The molecule has 0 unspecified atom stereocenters. The molecule has 0 aromatic heterocycles. The highest BCUT2D eigenvalue weighted by Crippen LogP contribution is 2.36. The average molecular weight is 492 g/mol. The van der Waals surface area contributed by atoms with Crippen LogP contribution in [0.1, 0.15) is 17.5 Å². The molecule has 1 fully saturated rings. The number of thiocarbonyl (C=S) groups is 1. The summed E-state index contributed by atoms with van der Waals surface area (Å²) >= 11 is 6.78. The minimum Gasteiger partial charge on any atom is -0.493 e. The van der Waals surface area contributed by atoms with E-state index in [1.165, 1.54) is 11.8 Å². The van der Waals surface area contributed by atoms with E-state index in [1.54, 1.807) is 12.0 Å². The van der Waals surface area contributed by atoms with Gasteiger partial charge in [0, 0.05) is 6.42 Å². The molecule has 0 aliphatic carbocycles. The number of carbonyl (C=O) groups excluding carboxylic acids is 1. The van der Waals surface area contributed by atoms with Crippen LogP contribution in [0.25, 0.3) is 6.08 Å². The van der Waals surface area contributed by atoms with Crippen LogP contribution in [-0.2, 0) is 4.79 Å². The molecule has 34 heavy (non-hydrogen) atoms. The summed E-state index contributed by atoms with van der Waals surface area (Å²) in [5, 5.41) is 0. The van der Waals surface area contributed by atoms with E-state index in [1.807, 2.05) is 85.8 Å². The fraction of sp³-hybridized carbons (Fsp3) is 0.185. The molecule has 1 heterocycles. The number of benzene rings is 3. The number of aryl methyl sites for hydroxylation is 1. The number of carbonyl (C=O) groups is 1. The molecule has 0 saturated carbocycles. The lowest BCUT2D eigenvalue weighted by atomic mass is 10.2. The van der Waals surface area contributed by atoms with Gasteiger partial charge in [-0.3, -0.25) is 9.69 Å². The van der Waals surface area contributed by atoms with Gasteiger partial charge in [0.1, 0.15) is 5.75 Å². The lowest BCUT2D eigenvalue weighted by molar-refractivity contribution is -0.113. The molecule has 174 valence electrons. The van der Waals surface area contributed by atoms with Crippen molar-refractivity contribution >= 4 is 46.0 Å². The Morgan fingerprint density at radius 3 is 2.41 bits per heavy atom. The molecular formula is C27H25NO4S2. The second-order valence-electron chi connectivity index (χ2n) is 7.63. The maximum atomic E-state index is 12.9. The molecule has 3 aromatic rings. The number of nitrogens with zero attached hydrogens (tertiary/aromatic N) is 1. The first-order chi connectivity index (χ1) is 16.5. The largest absolute Gasteiger partial charge is 0.493 e. The molecule has 0 spiro atoms. The number of para-hydroxylation sites is 2. The van der Waals surface area contributed by atoms with Gasteiger partial charge >= 0.3 is 0 Å². The lowest BCUT2D eigenvalue weighted by Crippen LogP contribution is -2.27. The maximum Gasteiger partial charge on any atom is 0.270 e. The molecule has 1 saturated heterocycles. The van der Waals surface area contributed by atoms with Gasteiger partial charge in [-0.05, 0) is 60.5 Å². The van der Waals surface area contributed by atoms with E-state index in [9.17, 15) is 4.79 Å². The topological polar surface area (TPSA) is 48.0 Å². The highest BCUT2D eigenvalue weighted by molar-refractivity contribution is 8.27. The summed E-state index contributed by atoms with van der Waals surface area (Å²) in [7, 11) is 1.63. The summed E-state index contributed by atoms with van der Waals surface area (Å²) in [6.45, 7) is 3.05. The Hall–Kier alpha value is -3.29. The molecule has 4 rings (SSSR count). The van der Waals surface area contributed by atoms with E-state index in [0.29, 0.717) is 22.4 Å². The van der Waals surface area contributed by atoms with Crippen molar-refractivity contribution in [1.29, 1.82) is 0 Å². The third kappa shape index (κ3) is 5.79. The third-order valence-corrected chi connectivity index (χ3v) is 6.42. The Morgan fingerprint density at radius 1 is 0.941 bits per heavy atom. The van der Waals surface area contributed by atoms with Gasteiger partial charge in [0.2, 0.25) is 0 Å². The number of hydrogen-bond donors (Lipinski definition) is 0. The Bertz CT molecular complexity index is 1210. The number of anilines is 1. The fourth-order valence-corrected chi connectivity index (χ4v) is 4.74. The van der Waals surface area contributed by atoms with Crippen molar-refractivity contribution in [2.24, 2.45) is 0 Å². The summed E-state index contributed by atoms with van der Waals surface area (Å²) in [4.78, 5) is 15.1. The van der Waals surface area contributed by atoms with Gasteiger partial charge in [0.05, 0.1) is 30.9 Å². The molecule has 3 aromatic carbocycles. The van der Waals surface area contributed by atoms with Crippen molar-refractivity contribution < 1.29 is 19.0 Å². The van der Waals surface area contributed by atoms with Crippen LogP contribution in [-0.4, -0.2) is 30.6 Å². The Morgan fingerprint density at radius 2 is 1.68 bits per heavy atom. The molecule has 0 N–H and O–H groups in total. The second kappa shape index (κ2) is 11.2. The van der Waals surface area contributed by atoms with Gasteiger partial charge < -0.3 is 14.2 Å². The van der Waals surface area contributed by atoms with Gasteiger partial charge in [0.25, 0.3) is 5.91 Å². The highest BCUT2D eigenvalue weighted by atomic mass is 32.2. The van der Waals surface area contributed by atoms with Crippen molar-refractivity contribution in [2.45, 2.75) is 13.3 Å². The van der Waals surface area contributed by atoms with Crippen molar-refractivity contribution in [3.05, 3.63) is 88.8 Å². The number of methoxy groups -OCH3 is 1. The summed E-state index contributed by atoms with van der Waals surface area (Å²) in [5.74, 6) is 2.11. The average Bonchev–Trinajstić information content (AvgIpc) is 3.12. The quantitative estimate of drug-likeness (QED) is 0.200. The number of ether oxygens (including phenoxy) is 3. The van der Waals surface area contributed by atoms with Gasteiger partial charge in [-0.2, -0.15) is 0 Å². The lowest BCUT2D eigenvalue weighted by Gasteiger charge is -2.14.